The average Bonchev–Trinajstić information content (AvgIpc) is 2.48. The second-order valence-corrected chi connectivity index (χ2v) is 5.50. The highest BCUT2D eigenvalue weighted by Crippen LogP contribution is 2.10. The summed E-state index contributed by atoms with van der Waals surface area (Å²) in [5.41, 5.74) is 8.01. The number of rotatable bonds is 9. The van der Waals surface area contributed by atoms with E-state index in [1.165, 1.54) is 0 Å². The van der Waals surface area contributed by atoms with E-state index < -0.39 is 6.04 Å². The van der Waals surface area contributed by atoms with E-state index in [9.17, 15) is 4.79 Å². The Labute approximate surface area is 125 Å². The number of benzene rings is 1. The van der Waals surface area contributed by atoms with Crippen LogP contribution in [0.15, 0.2) is 24.3 Å². The van der Waals surface area contributed by atoms with Crippen molar-refractivity contribution >= 4 is 17.7 Å². The highest BCUT2D eigenvalue weighted by molar-refractivity contribution is 7.98. The molecule has 1 amide bonds. The third kappa shape index (κ3) is 5.94. The molecule has 4 nitrogen and oxygen atoms in total. The third-order valence-electron chi connectivity index (χ3n) is 3.00. The van der Waals surface area contributed by atoms with Gasteiger partial charge in [-0.15, -0.1) is 0 Å². The molecule has 0 heterocycles. The van der Waals surface area contributed by atoms with Crippen LogP contribution in [0.3, 0.4) is 0 Å². The molecule has 20 heavy (non-hydrogen) atoms. The molecule has 0 fully saturated rings. The molecule has 0 aliphatic carbocycles. The maximum atomic E-state index is 11.9. The number of nitrogens with two attached hydrogens (primary N) is 1. The number of nitrogens with one attached hydrogen (secondary N) is 1. The van der Waals surface area contributed by atoms with E-state index in [1.54, 1.807) is 11.8 Å². The second kappa shape index (κ2) is 9.80. The highest BCUT2D eigenvalue weighted by Gasteiger charge is 2.12. The van der Waals surface area contributed by atoms with Crippen LogP contribution in [-0.2, 0) is 22.7 Å². The Balaban J connectivity index is 2.50. The molecular weight excluding hydrogens is 272 g/mol. The molecule has 0 saturated carbocycles. The Kier molecular flexibility index (Phi) is 8.34. The monoisotopic (exact) mass is 296 g/mol. The molecule has 1 rings (SSSR count). The van der Waals surface area contributed by atoms with Gasteiger partial charge >= 0.3 is 0 Å². The lowest BCUT2D eigenvalue weighted by Crippen LogP contribution is -2.40. The number of carbonyl (C=O) groups excluding carboxylic acids is 1. The minimum Gasteiger partial charge on any atom is -0.377 e. The summed E-state index contributed by atoms with van der Waals surface area (Å²) in [6.07, 6.45) is 2.71. The first-order valence-electron chi connectivity index (χ1n) is 6.85. The summed E-state index contributed by atoms with van der Waals surface area (Å²) in [6, 6.07) is 7.53. The zero-order chi connectivity index (χ0) is 14.8. The quantitative estimate of drug-likeness (QED) is 0.731. The van der Waals surface area contributed by atoms with Gasteiger partial charge in [-0.05, 0) is 36.5 Å². The molecule has 0 aliphatic heterocycles. The number of amides is 1. The SMILES string of the molecule is CCOCc1ccccc1CNC(=O)[C@H](N)CCSC. The van der Waals surface area contributed by atoms with E-state index in [0.29, 0.717) is 26.2 Å². The number of thioether (sulfide) groups is 1. The summed E-state index contributed by atoms with van der Waals surface area (Å²) in [5.74, 6) is 0.806. The summed E-state index contributed by atoms with van der Waals surface area (Å²) in [4.78, 5) is 11.9. The van der Waals surface area contributed by atoms with Crippen LogP contribution in [0.5, 0.6) is 0 Å². The molecular formula is C15H24N2O2S. The normalized spacial score (nSPS) is 12.2. The van der Waals surface area contributed by atoms with Gasteiger partial charge in [-0.2, -0.15) is 11.8 Å². The van der Waals surface area contributed by atoms with Gasteiger partial charge in [0.25, 0.3) is 0 Å². The Bertz CT molecular complexity index is 413. The van der Waals surface area contributed by atoms with Gasteiger partial charge in [0.05, 0.1) is 12.6 Å². The van der Waals surface area contributed by atoms with E-state index in [-0.39, 0.29) is 5.91 Å². The van der Waals surface area contributed by atoms with Crippen molar-refractivity contribution in [3.63, 3.8) is 0 Å². The van der Waals surface area contributed by atoms with Crippen molar-refractivity contribution in [1.82, 2.24) is 5.32 Å². The van der Waals surface area contributed by atoms with Crippen molar-refractivity contribution in [2.75, 3.05) is 18.6 Å². The largest absolute Gasteiger partial charge is 0.377 e. The first-order chi connectivity index (χ1) is 9.69. The molecule has 3 N–H and O–H groups in total. The predicted molar refractivity (Wildman–Crippen MR) is 84.6 cm³/mol. The van der Waals surface area contributed by atoms with Gasteiger partial charge < -0.3 is 15.8 Å². The van der Waals surface area contributed by atoms with Crippen LogP contribution in [0, 0.1) is 0 Å². The smallest absolute Gasteiger partial charge is 0.237 e. The molecule has 0 aromatic heterocycles. The molecule has 0 spiro atoms. The van der Waals surface area contributed by atoms with Crippen LogP contribution < -0.4 is 11.1 Å². The highest BCUT2D eigenvalue weighted by atomic mass is 32.2. The van der Waals surface area contributed by atoms with Crippen molar-refractivity contribution in [3.8, 4) is 0 Å². The Hall–Kier alpha value is -1.04. The first-order valence-corrected chi connectivity index (χ1v) is 8.25. The molecule has 112 valence electrons. The topological polar surface area (TPSA) is 64.3 Å². The van der Waals surface area contributed by atoms with E-state index in [2.05, 4.69) is 5.32 Å². The van der Waals surface area contributed by atoms with Gasteiger partial charge in [-0.25, -0.2) is 0 Å². The minimum atomic E-state index is -0.429. The third-order valence-corrected chi connectivity index (χ3v) is 3.65. The summed E-state index contributed by atoms with van der Waals surface area (Å²) in [7, 11) is 0. The van der Waals surface area contributed by atoms with E-state index in [4.69, 9.17) is 10.5 Å². The van der Waals surface area contributed by atoms with Crippen LogP contribution >= 0.6 is 11.8 Å². The van der Waals surface area contributed by atoms with E-state index in [1.807, 2.05) is 37.4 Å². The van der Waals surface area contributed by atoms with Crippen molar-refractivity contribution in [1.29, 1.82) is 0 Å². The molecule has 1 atom stereocenters. The minimum absolute atomic E-state index is 0.0923. The van der Waals surface area contributed by atoms with Gasteiger partial charge in [-0.1, -0.05) is 24.3 Å². The zero-order valence-corrected chi connectivity index (χ0v) is 13.0. The molecule has 1 aromatic carbocycles. The second-order valence-electron chi connectivity index (χ2n) is 4.51. The van der Waals surface area contributed by atoms with Crippen molar-refractivity contribution in [2.45, 2.75) is 32.5 Å². The fourth-order valence-corrected chi connectivity index (χ4v) is 2.26. The number of hydrogen-bond acceptors (Lipinski definition) is 4. The number of hydrogen-bond donors (Lipinski definition) is 2. The lowest BCUT2D eigenvalue weighted by molar-refractivity contribution is -0.122. The molecule has 0 bridgehead atoms. The van der Waals surface area contributed by atoms with Gasteiger partial charge in [-0.3, -0.25) is 4.79 Å². The number of ether oxygens (including phenoxy) is 1. The van der Waals surface area contributed by atoms with Crippen LogP contribution in [-0.4, -0.2) is 30.6 Å². The van der Waals surface area contributed by atoms with Crippen LogP contribution in [0.4, 0.5) is 0 Å². The molecule has 0 unspecified atom stereocenters. The fourth-order valence-electron chi connectivity index (χ4n) is 1.77. The summed E-state index contributed by atoms with van der Waals surface area (Å²) < 4.78 is 5.43. The van der Waals surface area contributed by atoms with Crippen LogP contribution in [0.1, 0.15) is 24.5 Å². The Morgan fingerprint density at radius 2 is 2.10 bits per heavy atom. The Morgan fingerprint density at radius 1 is 1.40 bits per heavy atom. The maximum Gasteiger partial charge on any atom is 0.237 e. The van der Waals surface area contributed by atoms with Crippen molar-refractivity contribution in [3.05, 3.63) is 35.4 Å². The van der Waals surface area contributed by atoms with E-state index in [0.717, 1.165) is 16.9 Å². The maximum absolute atomic E-state index is 11.9. The summed E-state index contributed by atoms with van der Waals surface area (Å²) >= 11 is 1.70. The fraction of sp³-hybridized carbons (Fsp3) is 0.533. The first kappa shape index (κ1) is 17.0. The summed E-state index contributed by atoms with van der Waals surface area (Å²) in [6.45, 7) is 3.71. The zero-order valence-electron chi connectivity index (χ0n) is 12.2. The van der Waals surface area contributed by atoms with E-state index >= 15 is 0 Å². The van der Waals surface area contributed by atoms with Gasteiger partial charge in [0, 0.05) is 13.2 Å². The van der Waals surface area contributed by atoms with Crippen molar-refractivity contribution < 1.29 is 9.53 Å². The molecule has 0 radical (unpaired) electrons. The standard InChI is InChI=1S/C15H24N2O2S/c1-3-19-11-13-7-5-4-6-12(13)10-17-15(18)14(16)8-9-20-2/h4-7,14H,3,8-11,16H2,1-2H3,(H,17,18)/t14-/m1/s1. The van der Waals surface area contributed by atoms with Gasteiger partial charge in [0.2, 0.25) is 5.91 Å². The van der Waals surface area contributed by atoms with Crippen molar-refractivity contribution in [2.24, 2.45) is 5.73 Å². The van der Waals surface area contributed by atoms with Gasteiger partial charge in [0.15, 0.2) is 0 Å². The lowest BCUT2D eigenvalue weighted by atomic mass is 10.1. The molecule has 1 aromatic rings. The molecule has 0 saturated heterocycles. The Morgan fingerprint density at radius 3 is 2.75 bits per heavy atom. The molecule has 5 heteroatoms. The van der Waals surface area contributed by atoms with Gasteiger partial charge in [0.1, 0.15) is 0 Å². The summed E-state index contributed by atoms with van der Waals surface area (Å²) in [5, 5.41) is 2.90. The molecule has 0 aliphatic rings. The van der Waals surface area contributed by atoms with Crippen LogP contribution in [0.25, 0.3) is 0 Å². The average molecular weight is 296 g/mol. The van der Waals surface area contributed by atoms with Crippen LogP contribution in [0.2, 0.25) is 0 Å². The predicted octanol–water partition coefficient (Wildman–Crippen LogP) is 1.92. The lowest BCUT2D eigenvalue weighted by Gasteiger charge is -2.14. The number of carbonyl (C=O) groups is 1.